The van der Waals surface area contributed by atoms with Crippen LogP contribution in [-0.4, -0.2) is 37.0 Å². The molecule has 0 aromatic heterocycles. The van der Waals surface area contributed by atoms with Crippen LogP contribution in [0.15, 0.2) is 29.2 Å². The summed E-state index contributed by atoms with van der Waals surface area (Å²) in [6, 6.07) is 7.17. The second-order valence-electron chi connectivity index (χ2n) is 4.58. The van der Waals surface area contributed by atoms with Gasteiger partial charge in [-0.15, -0.1) is 0 Å². The lowest BCUT2D eigenvalue weighted by Crippen LogP contribution is -2.45. The van der Waals surface area contributed by atoms with Gasteiger partial charge in [0.2, 0.25) is 0 Å². The summed E-state index contributed by atoms with van der Waals surface area (Å²) >= 11 is 0. The van der Waals surface area contributed by atoms with Crippen LogP contribution in [0.5, 0.6) is 0 Å². The molecule has 126 valence electrons. The van der Waals surface area contributed by atoms with Gasteiger partial charge in [-0.25, -0.2) is 8.42 Å². The minimum atomic E-state index is -3.67. The van der Waals surface area contributed by atoms with E-state index in [4.69, 9.17) is 24.0 Å². The highest BCUT2D eigenvalue weighted by atomic mass is 35.7. The lowest BCUT2D eigenvalue weighted by molar-refractivity contribution is 0.0691. The van der Waals surface area contributed by atoms with Crippen LogP contribution < -0.4 is 0 Å². The van der Waals surface area contributed by atoms with E-state index in [-0.39, 0.29) is 4.90 Å². The quantitative estimate of drug-likeness (QED) is 0.470. The summed E-state index contributed by atoms with van der Waals surface area (Å²) in [6.07, 6.45) is 0.650. The second-order valence-corrected chi connectivity index (χ2v) is 10.1. The van der Waals surface area contributed by atoms with Gasteiger partial charge in [0.1, 0.15) is 0 Å². The molecule has 0 heterocycles. The molecule has 1 aromatic carbocycles. The van der Waals surface area contributed by atoms with Gasteiger partial charge in [0.15, 0.2) is 0 Å². The number of rotatable bonds is 10. The van der Waals surface area contributed by atoms with Gasteiger partial charge < -0.3 is 13.3 Å². The van der Waals surface area contributed by atoms with Gasteiger partial charge >= 0.3 is 8.80 Å². The molecule has 5 nitrogen and oxygen atoms in total. The minimum absolute atomic E-state index is 0.0970. The van der Waals surface area contributed by atoms with E-state index in [0.29, 0.717) is 26.2 Å². The maximum absolute atomic E-state index is 11.2. The van der Waals surface area contributed by atoms with Crippen molar-refractivity contribution in [3.05, 3.63) is 29.8 Å². The Labute approximate surface area is 138 Å². The van der Waals surface area contributed by atoms with Gasteiger partial charge in [0.05, 0.1) is 4.90 Å². The Balaban J connectivity index is 2.61. The monoisotopic (exact) mass is 366 g/mol. The lowest BCUT2D eigenvalue weighted by atomic mass is 10.2. The van der Waals surface area contributed by atoms with Crippen molar-refractivity contribution in [2.45, 2.75) is 38.1 Å². The summed E-state index contributed by atoms with van der Waals surface area (Å²) in [6.45, 7) is 7.42. The molecule has 0 fully saturated rings. The fraction of sp³-hybridized carbons (Fsp3) is 0.571. The van der Waals surface area contributed by atoms with Crippen molar-refractivity contribution in [1.29, 1.82) is 0 Å². The van der Waals surface area contributed by atoms with Crippen LogP contribution in [0.3, 0.4) is 0 Å². The molecule has 0 aliphatic carbocycles. The average Bonchev–Trinajstić information content (AvgIpc) is 2.47. The van der Waals surface area contributed by atoms with E-state index in [1.165, 1.54) is 12.1 Å². The Morgan fingerprint density at radius 1 is 1.00 bits per heavy atom. The van der Waals surface area contributed by atoms with Crippen molar-refractivity contribution in [2.24, 2.45) is 0 Å². The van der Waals surface area contributed by atoms with E-state index in [2.05, 4.69) is 0 Å². The number of hydrogen-bond acceptors (Lipinski definition) is 5. The normalized spacial score (nSPS) is 12.5. The first-order valence-electron chi connectivity index (χ1n) is 7.32. The van der Waals surface area contributed by atoms with E-state index < -0.39 is 17.9 Å². The van der Waals surface area contributed by atoms with E-state index >= 15 is 0 Å². The van der Waals surface area contributed by atoms with Crippen molar-refractivity contribution in [2.75, 3.05) is 19.8 Å². The fourth-order valence-electron chi connectivity index (χ4n) is 2.01. The van der Waals surface area contributed by atoms with Crippen LogP contribution in [0.2, 0.25) is 6.04 Å². The van der Waals surface area contributed by atoms with Crippen LogP contribution in [0.25, 0.3) is 0 Å². The molecule has 0 aliphatic heterocycles. The fourth-order valence-corrected chi connectivity index (χ4v) is 4.94. The summed E-state index contributed by atoms with van der Waals surface area (Å²) in [5, 5.41) is 0. The third kappa shape index (κ3) is 5.98. The molecule has 0 atom stereocenters. The van der Waals surface area contributed by atoms with Gasteiger partial charge in [-0.1, -0.05) is 19.1 Å². The lowest BCUT2D eigenvalue weighted by Gasteiger charge is -2.27. The average molecular weight is 367 g/mol. The van der Waals surface area contributed by atoms with Gasteiger partial charge in [0, 0.05) is 36.5 Å². The summed E-state index contributed by atoms with van der Waals surface area (Å²) in [4.78, 5) is 0.0970. The summed E-state index contributed by atoms with van der Waals surface area (Å²) < 4.78 is 39.7. The zero-order valence-electron chi connectivity index (χ0n) is 13.2. The molecule has 0 spiro atoms. The molecule has 0 saturated heterocycles. The molecule has 0 unspecified atom stereocenters. The van der Waals surface area contributed by atoms with Crippen molar-refractivity contribution in [1.82, 2.24) is 0 Å². The zero-order valence-corrected chi connectivity index (χ0v) is 15.7. The predicted molar refractivity (Wildman–Crippen MR) is 88.6 cm³/mol. The van der Waals surface area contributed by atoms with Crippen LogP contribution >= 0.6 is 10.7 Å². The maximum atomic E-state index is 11.2. The molecule has 0 bridgehead atoms. The van der Waals surface area contributed by atoms with Crippen molar-refractivity contribution >= 4 is 28.5 Å². The maximum Gasteiger partial charge on any atom is 0.500 e. The molecule has 0 amide bonds. The first-order valence-corrected chi connectivity index (χ1v) is 11.6. The van der Waals surface area contributed by atoms with E-state index in [1.54, 1.807) is 12.1 Å². The highest BCUT2D eigenvalue weighted by Crippen LogP contribution is 2.18. The third-order valence-electron chi connectivity index (χ3n) is 3.08. The molecular formula is C14H23ClO5SSi. The Morgan fingerprint density at radius 2 is 1.55 bits per heavy atom. The molecule has 0 aliphatic rings. The van der Waals surface area contributed by atoms with Crippen molar-refractivity contribution in [3.8, 4) is 0 Å². The molecular weight excluding hydrogens is 344 g/mol. The van der Waals surface area contributed by atoms with Crippen LogP contribution in [0.4, 0.5) is 0 Å². The third-order valence-corrected chi connectivity index (χ3v) is 7.42. The van der Waals surface area contributed by atoms with Gasteiger partial charge in [-0.2, -0.15) is 0 Å². The predicted octanol–water partition coefficient (Wildman–Crippen LogP) is 3.21. The molecule has 1 rings (SSSR count). The Kier molecular flexibility index (Phi) is 8.02. The van der Waals surface area contributed by atoms with Crippen LogP contribution in [-0.2, 0) is 28.7 Å². The van der Waals surface area contributed by atoms with E-state index in [9.17, 15) is 8.42 Å². The minimum Gasteiger partial charge on any atom is -0.374 e. The standard InChI is InChI=1S/C14H23ClO5SSi/c1-4-18-22(6-3,19-5-2)20-12-11-13-7-9-14(10-8-13)21(15,16)17/h7-10H,4-6,11-12H2,1-3H3. The van der Waals surface area contributed by atoms with E-state index in [0.717, 1.165) is 11.6 Å². The largest absolute Gasteiger partial charge is 0.500 e. The van der Waals surface area contributed by atoms with Crippen LogP contribution in [0.1, 0.15) is 26.3 Å². The Morgan fingerprint density at radius 3 is 1.95 bits per heavy atom. The first kappa shape index (κ1) is 19.6. The summed E-state index contributed by atoms with van der Waals surface area (Å²) in [5.74, 6) is 0. The SMILES string of the molecule is CCO[Si](CC)(OCC)OCCc1ccc(S(=O)(=O)Cl)cc1. The molecule has 0 saturated carbocycles. The first-order chi connectivity index (χ1) is 10.4. The number of halogens is 1. The molecule has 0 radical (unpaired) electrons. The van der Waals surface area contributed by atoms with Gasteiger partial charge in [0.25, 0.3) is 9.05 Å². The summed E-state index contributed by atoms with van der Waals surface area (Å²) in [7, 11) is -0.972. The highest BCUT2D eigenvalue weighted by molar-refractivity contribution is 8.13. The van der Waals surface area contributed by atoms with Crippen LogP contribution in [0, 0.1) is 0 Å². The molecule has 0 N–H and O–H groups in total. The van der Waals surface area contributed by atoms with E-state index in [1.807, 2.05) is 20.8 Å². The van der Waals surface area contributed by atoms with Gasteiger partial charge in [-0.05, 0) is 38.0 Å². The molecule has 22 heavy (non-hydrogen) atoms. The Hall–Kier alpha value is -0.443. The number of benzene rings is 1. The second kappa shape index (κ2) is 9.00. The number of hydrogen-bond donors (Lipinski definition) is 0. The zero-order chi connectivity index (χ0) is 16.6. The highest BCUT2D eigenvalue weighted by Gasteiger charge is 2.38. The van der Waals surface area contributed by atoms with Crippen molar-refractivity contribution in [3.63, 3.8) is 0 Å². The van der Waals surface area contributed by atoms with Crippen molar-refractivity contribution < 1.29 is 21.7 Å². The topological polar surface area (TPSA) is 61.8 Å². The molecule has 8 heteroatoms. The Bertz CT molecular complexity index is 541. The smallest absolute Gasteiger partial charge is 0.374 e. The van der Waals surface area contributed by atoms with Gasteiger partial charge in [-0.3, -0.25) is 0 Å². The summed E-state index contributed by atoms with van der Waals surface area (Å²) in [5.41, 5.74) is 0.969. The molecule has 1 aromatic rings.